The van der Waals surface area contributed by atoms with Gasteiger partial charge in [-0.2, -0.15) is 0 Å². The van der Waals surface area contributed by atoms with Crippen molar-refractivity contribution in [3.8, 4) is 0 Å². The number of Topliss-reactive ketones (excluding diaryl/α,β-unsaturated/α-hetero) is 1. The van der Waals surface area contributed by atoms with Gasteiger partial charge in [-0.05, 0) is 44.7 Å². The Hall–Kier alpha value is 0.220. The number of carbonyl (C=O) groups is 1. The lowest BCUT2D eigenvalue weighted by Gasteiger charge is -2.11. The Labute approximate surface area is 142 Å². The highest BCUT2D eigenvalue weighted by Crippen LogP contribution is 2.46. The Kier molecular flexibility index (Phi) is 5.79. The predicted molar refractivity (Wildman–Crippen MR) is 92.7 cm³/mol. The second-order valence-corrected chi connectivity index (χ2v) is 9.39. The van der Waals surface area contributed by atoms with Gasteiger partial charge >= 0.3 is 0 Å². The van der Waals surface area contributed by atoms with E-state index in [4.69, 9.17) is 0 Å². The maximum Gasteiger partial charge on any atom is 0.178 e. The van der Waals surface area contributed by atoms with E-state index in [1.54, 1.807) is 0 Å². The van der Waals surface area contributed by atoms with Crippen molar-refractivity contribution in [3.05, 3.63) is 18.3 Å². The highest BCUT2D eigenvalue weighted by atomic mass is 79.9. The third-order valence-corrected chi connectivity index (χ3v) is 7.52. The second kappa shape index (κ2) is 6.99. The monoisotopic (exact) mass is 440 g/mol. The number of thiophene rings is 2. The van der Waals surface area contributed by atoms with Gasteiger partial charge in [0.2, 0.25) is 0 Å². The molecule has 0 bridgehead atoms. The van der Waals surface area contributed by atoms with E-state index in [1.165, 1.54) is 22.7 Å². The lowest BCUT2D eigenvalue weighted by Crippen LogP contribution is -2.13. The zero-order chi connectivity index (χ0) is 14.9. The smallest absolute Gasteiger partial charge is 0.178 e. The summed E-state index contributed by atoms with van der Waals surface area (Å²) in [5.74, 6) is -0.462. The summed E-state index contributed by atoms with van der Waals surface area (Å²) in [6.07, 6.45) is 3.69. The zero-order valence-electron chi connectivity index (χ0n) is 11.3. The Morgan fingerprint density at radius 3 is 2.50 bits per heavy atom. The number of carbonyl (C=O) groups excluding carboxylic acids is 1. The summed E-state index contributed by atoms with van der Waals surface area (Å²) in [7, 11) is 0. The molecule has 20 heavy (non-hydrogen) atoms. The normalized spacial score (nSPS) is 13.1. The molecule has 0 radical (unpaired) electrons. The van der Waals surface area contributed by atoms with Crippen molar-refractivity contribution in [3.63, 3.8) is 0 Å². The van der Waals surface area contributed by atoms with E-state index in [0.29, 0.717) is 5.39 Å². The summed E-state index contributed by atoms with van der Waals surface area (Å²) in [4.78, 5) is 12.8. The molecule has 0 aliphatic rings. The van der Waals surface area contributed by atoms with E-state index in [-0.39, 0.29) is 22.4 Å². The summed E-state index contributed by atoms with van der Waals surface area (Å²) >= 11 is 9.51. The Morgan fingerprint density at radius 1 is 1.25 bits per heavy atom. The number of fused-ring (bicyclic) bond motifs is 1. The predicted octanol–water partition coefficient (Wildman–Crippen LogP) is 7.03. The van der Waals surface area contributed by atoms with Gasteiger partial charge in [-0.15, -0.1) is 22.7 Å². The molecule has 0 aliphatic heterocycles. The van der Waals surface area contributed by atoms with Crippen molar-refractivity contribution >= 4 is 70.4 Å². The van der Waals surface area contributed by atoms with E-state index >= 15 is 0 Å². The van der Waals surface area contributed by atoms with Gasteiger partial charge in [0.25, 0.3) is 0 Å². The van der Waals surface area contributed by atoms with Crippen LogP contribution < -0.4 is 0 Å². The average Bonchev–Trinajstić information content (AvgIpc) is 2.90. The summed E-state index contributed by atoms with van der Waals surface area (Å²) in [5.41, 5.74) is 0. The summed E-state index contributed by atoms with van der Waals surface area (Å²) in [6, 6.07) is 0. The van der Waals surface area contributed by atoms with Crippen molar-refractivity contribution < 1.29 is 9.18 Å². The van der Waals surface area contributed by atoms with Gasteiger partial charge in [0.05, 0.1) is 17.7 Å². The quantitative estimate of drug-likeness (QED) is 0.440. The summed E-state index contributed by atoms with van der Waals surface area (Å²) in [5, 5.41) is 0.542. The lowest BCUT2D eigenvalue weighted by molar-refractivity contribution is 0.0909. The molecule has 2 rings (SSSR count). The van der Waals surface area contributed by atoms with Crippen LogP contribution >= 0.6 is 54.5 Å². The van der Waals surface area contributed by atoms with Crippen molar-refractivity contribution in [1.29, 1.82) is 0 Å². The molecule has 0 amide bonds. The number of ketones is 1. The van der Waals surface area contributed by atoms with E-state index in [1.807, 2.05) is 6.92 Å². The number of halogens is 3. The number of rotatable bonds is 6. The molecule has 0 fully saturated rings. The largest absolute Gasteiger partial charge is 0.293 e. The Balaban J connectivity index is 2.39. The van der Waals surface area contributed by atoms with Crippen molar-refractivity contribution in [2.75, 3.05) is 0 Å². The van der Waals surface area contributed by atoms with Gasteiger partial charge in [0.15, 0.2) is 11.6 Å². The van der Waals surface area contributed by atoms with Crippen molar-refractivity contribution in [2.24, 2.45) is 5.92 Å². The molecule has 0 spiro atoms. The fraction of sp³-hybridized carbons (Fsp3) is 0.500. The second-order valence-electron chi connectivity index (χ2n) is 4.71. The lowest BCUT2D eigenvalue weighted by atomic mass is 9.94. The fourth-order valence-electron chi connectivity index (χ4n) is 2.22. The van der Waals surface area contributed by atoms with Gasteiger partial charge in [-0.1, -0.05) is 26.7 Å². The minimum absolute atomic E-state index is 0.0385. The topological polar surface area (TPSA) is 17.1 Å². The molecule has 0 aromatic carbocycles. The number of hydrogen-bond acceptors (Lipinski definition) is 3. The first-order valence-electron chi connectivity index (χ1n) is 6.61. The number of hydrogen-bond donors (Lipinski definition) is 0. The number of unbranched alkanes of at least 4 members (excludes halogenated alkanes) is 1. The molecule has 0 aliphatic carbocycles. The molecule has 0 N–H and O–H groups in total. The molecular weight excluding hydrogens is 427 g/mol. The van der Waals surface area contributed by atoms with E-state index in [2.05, 4.69) is 38.8 Å². The molecule has 1 atom stereocenters. The Bertz CT molecular complexity index is 633. The van der Waals surface area contributed by atoms with Crippen molar-refractivity contribution in [2.45, 2.75) is 39.5 Å². The van der Waals surface area contributed by atoms with Crippen LogP contribution in [-0.4, -0.2) is 5.78 Å². The van der Waals surface area contributed by atoms with Crippen LogP contribution in [0.4, 0.5) is 4.39 Å². The van der Waals surface area contributed by atoms with Crippen LogP contribution in [0.15, 0.2) is 7.57 Å². The highest BCUT2D eigenvalue weighted by molar-refractivity contribution is 9.12. The standard InChI is InChI=1S/C14H15Br2FOS2/c1-3-5-6-7(4-2)10(18)12-9(17)8-11(19-12)14(16)20-13(8)15/h7H,3-6H2,1-2H3/t7-/m1/s1. The Morgan fingerprint density at radius 2 is 1.95 bits per heavy atom. The molecule has 2 aromatic rings. The zero-order valence-corrected chi connectivity index (χ0v) is 16.1. The third kappa shape index (κ3) is 3.03. The maximum absolute atomic E-state index is 14.5. The molecule has 0 unspecified atom stereocenters. The van der Waals surface area contributed by atoms with Crippen LogP contribution in [0.2, 0.25) is 0 Å². The summed E-state index contributed by atoms with van der Waals surface area (Å²) in [6.45, 7) is 4.10. The van der Waals surface area contributed by atoms with Crippen LogP contribution in [0.1, 0.15) is 49.2 Å². The first kappa shape index (κ1) is 16.6. The van der Waals surface area contributed by atoms with Crippen LogP contribution in [-0.2, 0) is 0 Å². The first-order valence-corrected chi connectivity index (χ1v) is 9.83. The van der Waals surface area contributed by atoms with Gasteiger partial charge < -0.3 is 0 Å². The van der Waals surface area contributed by atoms with Crippen LogP contribution in [0.3, 0.4) is 0 Å². The minimum Gasteiger partial charge on any atom is -0.293 e. The molecule has 110 valence electrons. The molecule has 6 heteroatoms. The van der Waals surface area contributed by atoms with Gasteiger partial charge in [0.1, 0.15) is 4.88 Å². The third-order valence-electron chi connectivity index (χ3n) is 3.40. The average molecular weight is 442 g/mol. The molecule has 0 saturated carbocycles. The molecule has 2 heterocycles. The molecule has 1 nitrogen and oxygen atoms in total. The van der Waals surface area contributed by atoms with E-state index in [9.17, 15) is 9.18 Å². The minimum atomic E-state index is -0.362. The van der Waals surface area contributed by atoms with Gasteiger partial charge in [0, 0.05) is 5.92 Å². The van der Waals surface area contributed by atoms with Gasteiger partial charge in [-0.25, -0.2) is 4.39 Å². The molecule has 2 aromatic heterocycles. The summed E-state index contributed by atoms with van der Waals surface area (Å²) < 4.78 is 17.0. The van der Waals surface area contributed by atoms with E-state index < -0.39 is 0 Å². The fourth-order valence-corrected chi connectivity index (χ4v) is 6.78. The highest BCUT2D eigenvalue weighted by Gasteiger charge is 2.27. The van der Waals surface area contributed by atoms with Crippen LogP contribution in [0, 0.1) is 11.7 Å². The SMILES string of the molecule is CCCC[C@@H](CC)C(=O)c1sc2c(Br)sc(Br)c2c1F. The first-order chi connectivity index (χ1) is 9.51. The maximum atomic E-state index is 14.5. The van der Waals surface area contributed by atoms with Crippen molar-refractivity contribution in [1.82, 2.24) is 0 Å². The molecule has 0 saturated heterocycles. The van der Waals surface area contributed by atoms with Gasteiger partial charge in [-0.3, -0.25) is 4.79 Å². The molecular formula is C14H15Br2FOS2. The van der Waals surface area contributed by atoms with Crippen LogP contribution in [0.5, 0.6) is 0 Å². The van der Waals surface area contributed by atoms with E-state index in [0.717, 1.165) is 38.0 Å². The van der Waals surface area contributed by atoms with Crippen LogP contribution in [0.25, 0.3) is 10.1 Å².